The van der Waals surface area contributed by atoms with Gasteiger partial charge < -0.3 is 18.3 Å². The van der Waals surface area contributed by atoms with E-state index in [1.165, 1.54) is 0 Å². The largest absolute Gasteiger partial charge is 0.317 e. The Morgan fingerprint density at radius 2 is 0.890 bits per heavy atom. The lowest BCUT2D eigenvalue weighted by Crippen LogP contribution is -2.14. The van der Waals surface area contributed by atoms with Crippen LogP contribution in [0, 0.1) is 17.9 Å². The molecule has 0 unspecified atom stereocenters. The lowest BCUT2D eigenvalue weighted by Gasteiger charge is -2.27. The quantitative estimate of drug-likeness (QED) is 0.158. The molecule has 0 atom stereocenters. The normalized spacial score (nSPS) is 13.8. The van der Waals surface area contributed by atoms with Crippen molar-refractivity contribution in [3.8, 4) is 39.9 Å². The number of para-hydroxylation sites is 5. The number of nitriles is 1. The van der Waals surface area contributed by atoms with Crippen LogP contribution in [0.15, 0.2) is 242 Å². The van der Waals surface area contributed by atoms with Crippen LogP contribution in [-0.2, 0) is 0 Å². The maximum Gasteiger partial charge on any atom is 0.237 e. The predicted octanol–water partition coefficient (Wildman–Crippen LogP) is 20.9. The Bertz CT molecular complexity index is 6290. The van der Waals surface area contributed by atoms with E-state index in [0.717, 1.165) is 80.5 Å². The lowest BCUT2D eigenvalue weighted by molar-refractivity contribution is 1.04. The molecule has 6 heterocycles. The molecule has 378 valence electrons. The van der Waals surface area contributed by atoms with E-state index in [1.54, 1.807) is 15.9 Å². The zero-order chi connectivity index (χ0) is 62.6. The van der Waals surface area contributed by atoms with Gasteiger partial charge in [0.15, 0.2) is 0 Å². The van der Waals surface area contributed by atoms with Crippen molar-refractivity contribution in [3.05, 3.63) is 259 Å². The van der Waals surface area contributed by atoms with E-state index >= 15 is 0 Å². The van der Waals surface area contributed by atoms with Crippen molar-refractivity contribution in [2.24, 2.45) is 0 Å². The molecule has 6 aromatic heterocycles. The molecule has 18 rings (SSSR count). The Hall–Kier alpha value is -10.7. The first kappa shape index (κ1) is 36.4. The molecule has 0 fully saturated rings. The third-order valence-corrected chi connectivity index (χ3v) is 18.8. The summed E-state index contributed by atoms with van der Waals surface area (Å²) in [6.45, 7) is 10.1. The van der Waals surface area contributed by atoms with E-state index in [2.05, 4.69) is 65.2 Å². The number of rotatable bonds is 5. The zero-order valence-electron chi connectivity index (χ0n) is 52.8. The average Bonchev–Trinajstić information content (AvgIpc) is 1.48. The summed E-state index contributed by atoms with van der Waals surface area (Å²) in [7, 11) is 0. The highest BCUT2D eigenvalue weighted by Gasteiger charge is 2.35. The third kappa shape index (κ3) is 5.93. The molecule has 0 amide bonds. The van der Waals surface area contributed by atoms with Crippen molar-refractivity contribution in [3.63, 3.8) is 0 Å². The fourth-order valence-electron chi connectivity index (χ4n) is 13.2. The van der Waals surface area contributed by atoms with Gasteiger partial charge in [-0.2, -0.15) is 5.26 Å². The minimum atomic E-state index is -0.608. The summed E-state index contributed by atoms with van der Waals surface area (Å²) < 4.78 is 106. The fourth-order valence-corrected chi connectivity index (χ4v) is 15.5. The fraction of sp³-hybridized carbons (Fsp3) is 0. The molecule has 12 aromatic carbocycles. The van der Waals surface area contributed by atoms with Crippen molar-refractivity contribution < 1.29 is 13.7 Å². The Labute approximate surface area is 490 Å². The predicted molar refractivity (Wildman–Crippen MR) is 346 cm³/mol. The summed E-state index contributed by atoms with van der Waals surface area (Å²) in [6.07, 6.45) is 0. The standard InChI is InChI=1S/C74H40N6S2/c1-76-66-67(79-63-40-35-44(43-19-3-2-4-20-43)41-56(63)53-37-39-55-51-27-11-18-34-65(51)82-74(55)70(53)79)57(42-75)68(77-58-28-12-5-21-45(58)46-22-6-13-29-59(46)77)72(71(66)78-60-30-14-7-23-47(60)48-24-8-15-31-61(48)78)80-62-32-16-9-25-49(62)52-36-38-54-50-26-10-17-33-64(50)81-73(54)69(52)80/h2-41H/i9D,10D,16D,17D,25D,26D,32D,33D,36D,38D. The van der Waals surface area contributed by atoms with Gasteiger partial charge in [-0.05, 0) is 65.7 Å². The van der Waals surface area contributed by atoms with Crippen LogP contribution in [0.4, 0.5) is 5.69 Å². The van der Waals surface area contributed by atoms with Gasteiger partial charge in [-0.25, -0.2) is 4.85 Å². The maximum atomic E-state index is 13.0. The van der Waals surface area contributed by atoms with E-state index in [0.29, 0.717) is 27.6 Å². The first-order chi connectivity index (χ1) is 44.8. The van der Waals surface area contributed by atoms with Gasteiger partial charge in [0.05, 0.1) is 102 Å². The molecule has 0 spiro atoms. The molecule has 0 aliphatic heterocycles. The van der Waals surface area contributed by atoms with E-state index in [-0.39, 0.29) is 82.0 Å². The van der Waals surface area contributed by atoms with Crippen LogP contribution in [0.1, 0.15) is 19.3 Å². The topological polar surface area (TPSA) is 47.9 Å². The van der Waals surface area contributed by atoms with Crippen molar-refractivity contribution >= 4 is 156 Å². The van der Waals surface area contributed by atoms with Crippen molar-refractivity contribution in [1.82, 2.24) is 18.3 Å². The van der Waals surface area contributed by atoms with E-state index in [1.807, 2.05) is 137 Å². The molecule has 82 heavy (non-hydrogen) atoms. The second-order valence-electron chi connectivity index (χ2n) is 20.5. The number of hydrogen-bond donors (Lipinski definition) is 0. The van der Waals surface area contributed by atoms with Crippen LogP contribution >= 0.6 is 22.7 Å². The van der Waals surface area contributed by atoms with Crippen molar-refractivity contribution in [1.29, 1.82) is 5.26 Å². The molecular formula is C74H40N6S2. The second kappa shape index (κ2) is 16.9. The van der Waals surface area contributed by atoms with E-state index in [9.17, 15) is 22.8 Å². The van der Waals surface area contributed by atoms with Gasteiger partial charge in [0.2, 0.25) is 5.69 Å². The molecule has 0 aliphatic carbocycles. The number of hydrogen-bond acceptors (Lipinski definition) is 3. The summed E-state index contributed by atoms with van der Waals surface area (Å²) in [5, 5.41) is 19.9. The first-order valence-electron chi connectivity index (χ1n) is 31.6. The summed E-state index contributed by atoms with van der Waals surface area (Å²) in [5.74, 6) is 0. The monoisotopic (exact) mass is 1090 g/mol. The van der Waals surface area contributed by atoms with Gasteiger partial charge in [-0.15, -0.1) is 22.7 Å². The smallest absolute Gasteiger partial charge is 0.237 e. The van der Waals surface area contributed by atoms with Crippen molar-refractivity contribution in [2.75, 3.05) is 0 Å². The molecule has 0 aliphatic rings. The summed E-state index contributed by atoms with van der Waals surface area (Å²) in [5.41, 5.74) is 6.68. The summed E-state index contributed by atoms with van der Waals surface area (Å²) >= 11 is 2.59. The minimum Gasteiger partial charge on any atom is -0.317 e. The van der Waals surface area contributed by atoms with Crippen LogP contribution in [-0.4, -0.2) is 18.3 Å². The van der Waals surface area contributed by atoms with Crippen molar-refractivity contribution in [2.45, 2.75) is 0 Å². The number of aromatic nitrogens is 4. The molecule has 8 heteroatoms. The SMILES string of the molecule is [2H]c1c([2H])c([2H])c2c(sc3c2c([2H])c([2H])c2c4c([2H])c([2H])c([2H])c([2H])c4n(-c4c(-n5c6ccccc6c6ccccc65)c(C#N)c(-n5c6ccc(-c7ccccc7)cc6c6ccc7c8ccccc8sc7c65)c([N+]#[C-])c4-n4c5ccccc5c5ccccc54)c32)c1[2H]. The molecule has 0 saturated carbocycles. The molecule has 0 radical (unpaired) electrons. The van der Waals surface area contributed by atoms with Crippen LogP contribution in [0.5, 0.6) is 0 Å². The number of benzene rings is 12. The first-order valence-corrected chi connectivity index (χ1v) is 28.2. The molecule has 18 aromatic rings. The number of nitrogens with zero attached hydrogens (tertiary/aromatic N) is 6. The molecule has 0 saturated heterocycles. The maximum absolute atomic E-state index is 13.0. The van der Waals surface area contributed by atoms with Crippen LogP contribution in [0.2, 0.25) is 0 Å². The minimum absolute atomic E-state index is 0.00208. The van der Waals surface area contributed by atoms with Crippen LogP contribution < -0.4 is 0 Å². The third-order valence-electron chi connectivity index (χ3n) is 16.5. The highest BCUT2D eigenvalue weighted by atomic mass is 32.1. The highest BCUT2D eigenvalue weighted by molar-refractivity contribution is 7.27. The van der Waals surface area contributed by atoms with Gasteiger partial charge in [-0.3, -0.25) is 0 Å². The van der Waals surface area contributed by atoms with E-state index in [4.69, 9.17) is 7.59 Å². The number of fused-ring (bicyclic) bond motifs is 20. The van der Waals surface area contributed by atoms with Gasteiger partial charge in [0, 0.05) is 74.0 Å². The Morgan fingerprint density at radius 1 is 0.366 bits per heavy atom. The number of thiophene rings is 2. The van der Waals surface area contributed by atoms with Gasteiger partial charge >= 0.3 is 0 Å². The average molecular weight is 1090 g/mol. The Kier molecular flexibility index (Phi) is 7.50. The molecule has 0 bridgehead atoms. The lowest BCUT2D eigenvalue weighted by atomic mass is 10.0. The van der Waals surface area contributed by atoms with E-state index < -0.39 is 54.4 Å². The van der Waals surface area contributed by atoms with Crippen LogP contribution in [0.25, 0.3) is 166 Å². The van der Waals surface area contributed by atoms with Gasteiger partial charge in [0.1, 0.15) is 6.07 Å². The summed E-state index contributed by atoms with van der Waals surface area (Å²) in [4.78, 5) is 4.76. The highest BCUT2D eigenvalue weighted by Crippen LogP contribution is 2.54. The van der Waals surface area contributed by atoms with Gasteiger partial charge in [0.25, 0.3) is 0 Å². The Balaban J connectivity index is 1.19. The molecule has 6 nitrogen and oxygen atoms in total. The zero-order valence-corrected chi connectivity index (χ0v) is 44.5. The Morgan fingerprint density at radius 3 is 1.57 bits per heavy atom. The second-order valence-corrected chi connectivity index (χ2v) is 22.6. The van der Waals surface area contributed by atoms with Gasteiger partial charge in [-0.1, -0.05) is 188 Å². The molecular weight excluding hydrogens is 1040 g/mol. The molecule has 0 N–H and O–H groups in total. The summed E-state index contributed by atoms with van der Waals surface area (Å²) in [6, 6.07) is 58.1. The van der Waals surface area contributed by atoms with Crippen LogP contribution in [0.3, 0.4) is 0 Å².